The molecule has 5 nitrogen and oxygen atoms in total. The molecule has 0 spiro atoms. The number of hydrogen-bond donors (Lipinski definition) is 2. The molecule has 0 bridgehead atoms. The Morgan fingerprint density at radius 1 is 1.42 bits per heavy atom. The van der Waals surface area contributed by atoms with Crippen LogP contribution in [0.15, 0.2) is 11.6 Å². The number of hydrogen-bond acceptors (Lipinski definition) is 4. The van der Waals surface area contributed by atoms with Crippen molar-refractivity contribution >= 4 is 11.8 Å². The van der Waals surface area contributed by atoms with Crippen molar-refractivity contribution in [2.75, 3.05) is 13.2 Å². The van der Waals surface area contributed by atoms with Crippen molar-refractivity contribution in [3.63, 3.8) is 0 Å². The van der Waals surface area contributed by atoms with Gasteiger partial charge in [-0.05, 0) is 50.4 Å². The summed E-state index contributed by atoms with van der Waals surface area (Å²) in [7, 11) is 0. The van der Waals surface area contributed by atoms with Crippen molar-refractivity contribution < 1.29 is 24.5 Å². The van der Waals surface area contributed by atoms with Gasteiger partial charge in [-0.3, -0.25) is 4.79 Å². The number of rotatable bonds is 10. The standard InChI is InChI=1S/C21H30O5/c1-3-4-5-14(2)6-7-18(22)21-17-11-15(8-9-26-13-20(24)25)10-16(17)12-19(21)23/h10,14,16-17,19,21,23H,5-9,11-13H2,1-2H3,(H,24,25)/t14?,16-,17-,19+,21-/m1/s1. The van der Waals surface area contributed by atoms with Crippen LogP contribution >= 0.6 is 0 Å². The van der Waals surface area contributed by atoms with Crippen LogP contribution in [0.3, 0.4) is 0 Å². The maximum absolute atomic E-state index is 12.7. The van der Waals surface area contributed by atoms with Gasteiger partial charge in [-0.25, -0.2) is 4.79 Å². The molecule has 0 radical (unpaired) electrons. The minimum Gasteiger partial charge on any atom is -0.480 e. The van der Waals surface area contributed by atoms with Gasteiger partial charge < -0.3 is 14.9 Å². The Bertz CT molecular complexity index is 597. The highest BCUT2D eigenvalue weighted by Gasteiger charge is 2.47. The van der Waals surface area contributed by atoms with Crippen molar-refractivity contribution in [1.29, 1.82) is 0 Å². The number of aliphatic hydroxyl groups is 1. The van der Waals surface area contributed by atoms with E-state index in [1.54, 1.807) is 0 Å². The lowest BCUT2D eigenvalue weighted by atomic mass is 9.84. The van der Waals surface area contributed by atoms with Crippen molar-refractivity contribution in [3.8, 4) is 11.8 Å². The van der Waals surface area contributed by atoms with E-state index < -0.39 is 12.1 Å². The average molecular weight is 362 g/mol. The van der Waals surface area contributed by atoms with Crippen molar-refractivity contribution in [2.45, 2.75) is 58.5 Å². The molecule has 26 heavy (non-hydrogen) atoms. The van der Waals surface area contributed by atoms with E-state index >= 15 is 0 Å². The van der Waals surface area contributed by atoms with Gasteiger partial charge in [0.05, 0.1) is 12.7 Å². The fourth-order valence-corrected chi connectivity index (χ4v) is 4.23. The van der Waals surface area contributed by atoms with E-state index in [1.165, 1.54) is 5.57 Å². The molecule has 0 aliphatic heterocycles. The van der Waals surface area contributed by atoms with Gasteiger partial charge in [0.25, 0.3) is 0 Å². The number of carboxylic acids is 1. The molecular formula is C21H30O5. The van der Waals surface area contributed by atoms with E-state index in [-0.39, 0.29) is 30.1 Å². The number of ether oxygens (including phenoxy) is 1. The van der Waals surface area contributed by atoms with E-state index in [0.717, 1.165) is 19.3 Å². The number of carboxylic acid groups (broad SMARTS) is 1. The average Bonchev–Trinajstić information content (AvgIpc) is 3.10. The van der Waals surface area contributed by atoms with Crippen molar-refractivity contribution in [1.82, 2.24) is 0 Å². The summed E-state index contributed by atoms with van der Waals surface area (Å²) in [6.07, 6.45) is 5.93. The van der Waals surface area contributed by atoms with E-state index in [4.69, 9.17) is 9.84 Å². The highest BCUT2D eigenvalue weighted by atomic mass is 16.5. The summed E-state index contributed by atoms with van der Waals surface area (Å²) in [6.45, 7) is 4.04. The summed E-state index contributed by atoms with van der Waals surface area (Å²) < 4.78 is 5.10. The summed E-state index contributed by atoms with van der Waals surface area (Å²) in [5, 5.41) is 19.0. The van der Waals surface area contributed by atoms with Gasteiger partial charge in [-0.1, -0.05) is 18.6 Å². The molecule has 2 aliphatic carbocycles. The Labute approximate surface area is 155 Å². The smallest absolute Gasteiger partial charge is 0.329 e. The molecule has 2 rings (SSSR count). The van der Waals surface area contributed by atoms with Crippen molar-refractivity contribution in [3.05, 3.63) is 11.6 Å². The molecule has 0 heterocycles. The van der Waals surface area contributed by atoms with E-state index in [2.05, 4.69) is 24.8 Å². The zero-order valence-corrected chi connectivity index (χ0v) is 15.7. The Balaban J connectivity index is 1.81. The van der Waals surface area contributed by atoms with Crippen LogP contribution in [0, 0.1) is 35.5 Å². The number of allylic oxidation sites excluding steroid dienone is 1. The Kier molecular flexibility index (Phi) is 7.86. The Morgan fingerprint density at radius 3 is 2.88 bits per heavy atom. The van der Waals surface area contributed by atoms with Crippen LogP contribution in [0.25, 0.3) is 0 Å². The molecule has 1 fully saturated rings. The molecular weight excluding hydrogens is 332 g/mol. The quantitative estimate of drug-likeness (QED) is 0.355. The molecule has 0 aromatic rings. The Hall–Kier alpha value is -1.64. The lowest BCUT2D eigenvalue weighted by Gasteiger charge is -2.21. The minimum absolute atomic E-state index is 0.179. The van der Waals surface area contributed by atoms with Crippen LogP contribution in [-0.2, 0) is 14.3 Å². The second kappa shape index (κ2) is 9.89. The first kappa shape index (κ1) is 20.7. The molecule has 2 aliphatic rings. The summed E-state index contributed by atoms with van der Waals surface area (Å²) >= 11 is 0. The van der Waals surface area contributed by atoms with Gasteiger partial charge in [0.15, 0.2) is 0 Å². The van der Waals surface area contributed by atoms with Crippen LogP contribution in [0.2, 0.25) is 0 Å². The van der Waals surface area contributed by atoms with Gasteiger partial charge >= 0.3 is 5.97 Å². The predicted octanol–water partition coefficient (Wildman–Crippen LogP) is 2.82. The summed E-state index contributed by atoms with van der Waals surface area (Å²) in [5.41, 5.74) is 1.22. The molecule has 0 aromatic heterocycles. The van der Waals surface area contributed by atoms with Crippen LogP contribution in [-0.4, -0.2) is 41.3 Å². The first-order valence-corrected chi connectivity index (χ1v) is 9.51. The number of ketones is 1. The zero-order valence-electron chi connectivity index (χ0n) is 15.7. The van der Waals surface area contributed by atoms with E-state index in [1.807, 2.05) is 6.92 Å². The van der Waals surface area contributed by atoms with Gasteiger partial charge in [-0.15, -0.1) is 11.8 Å². The van der Waals surface area contributed by atoms with E-state index in [0.29, 0.717) is 31.8 Å². The molecule has 144 valence electrons. The van der Waals surface area contributed by atoms with Crippen LogP contribution in [0.4, 0.5) is 0 Å². The van der Waals surface area contributed by atoms with Crippen molar-refractivity contribution in [2.24, 2.45) is 23.7 Å². The maximum atomic E-state index is 12.7. The molecule has 5 atom stereocenters. The Morgan fingerprint density at radius 2 is 2.19 bits per heavy atom. The molecule has 5 heteroatoms. The summed E-state index contributed by atoms with van der Waals surface area (Å²) in [4.78, 5) is 23.2. The molecule has 0 aromatic carbocycles. The van der Waals surface area contributed by atoms with Gasteiger partial charge in [0, 0.05) is 18.8 Å². The van der Waals surface area contributed by atoms with Crippen LogP contribution in [0.5, 0.6) is 0 Å². The third-order valence-corrected chi connectivity index (χ3v) is 5.56. The number of aliphatic carboxylic acids is 1. The van der Waals surface area contributed by atoms with E-state index in [9.17, 15) is 14.7 Å². The predicted molar refractivity (Wildman–Crippen MR) is 98.3 cm³/mol. The first-order chi connectivity index (χ1) is 12.4. The largest absolute Gasteiger partial charge is 0.480 e. The first-order valence-electron chi connectivity index (χ1n) is 9.51. The third kappa shape index (κ3) is 5.69. The highest BCUT2D eigenvalue weighted by Crippen LogP contribution is 2.48. The number of aliphatic hydroxyl groups excluding tert-OH is 1. The molecule has 1 saturated carbocycles. The number of fused-ring (bicyclic) bond motifs is 1. The molecule has 0 amide bonds. The maximum Gasteiger partial charge on any atom is 0.329 e. The summed E-state index contributed by atoms with van der Waals surface area (Å²) in [6, 6.07) is 0. The topological polar surface area (TPSA) is 83.8 Å². The SMILES string of the molecule is CC#CCC(C)CCC(=O)[C@H]1[C@@H]2CC(CCOCC(=O)O)=C[C@@H]2C[C@@H]1O. The van der Waals surface area contributed by atoms with Gasteiger partial charge in [-0.2, -0.15) is 0 Å². The second-order valence-electron chi connectivity index (χ2n) is 7.62. The second-order valence-corrected chi connectivity index (χ2v) is 7.62. The fourth-order valence-electron chi connectivity index (χ4n) is 4.23. The van der Waals surface area contributed by atoms with Gasteiger partial charge in [0.1, 0.15) is 12.4 Å². The molecule has 0 saturated heterocycles. The number of carbonyl (C=O) groups excluding carboxylic acids is 1. The number of Topliss-reactive ketones (excluding diaryl/α,β-unsaturated/α-hetero) is 1. The minimum atomic E-state index is -0.963. The zero-order chi connectivity index (χ0) is 19.1. The normalized spacial score (nSPS) is 28.0. The lowest BCUT2D eigenvalue weighted by Crippen LogP contribution is -2.28. The highest BCUT2D eigenvalue weighted by molar-refractivity contribution is 5.82. The number of carbonyl (C=O) groups is 2. The fraction of sp³-hybridized carbons (Fsp3) is 0.714. The van der Waals surface area contributed by atoms with Crippen LogP contribution < -0.4 is 0 Å². The summed E-state index contributed by atoms with van der Waals surface area (Å²) in [5.74, 6) is 5.74. The van der Waals surface area contributed by atoms with Gasteiger partial charge in [0.2, 0.25) is 0 Å². The third-order valence-electron chi connectivity index (χ3n) is 5.56. The lowest BCUT2D eigenvalue weighted by molar-refractivity contribution is -0.142. The molecule has 2 N–H and O–H groups in total. The monoisotopic (exact) mass is 362 g/mol. The van der Waals surface area contributed by atoms with Crippen LogP contribution in [0.1, 0.15) is 52.4 Å². The molecule has 1 unspecified atom stereocenters.